The summed E-state index contributed by atoms with van der Waals surface area (Å²) in [6.45, 7) is 2.04. The molecule has 0 unspecified atom stereocenters. The van der Waals surface area contributed by atoms with Gasteiger partial charge < -0.3 is 40.7 Å². The van der Waals surface area contributed by atoms with Gasteiger partial charge >= 0.3 is 0 Å². The molecule has 32 heavy (non-hydrogen) atoms. The standard InChI is InChI=1S/C23H35N3O6/c1-12-9-14(26-16(27)11-13-7-5-4-6-8-13)23(30)15(10-12)31-22-20(29)17(24-2)19(28)18(25-3)21(22)32-23/h4-8,12,14-15,17-22,24-25,28-30H,9-11H2,1-3H3,(H,26,27)/t12-,14-,15-,17-,18+,19+,20+,21-,22-,23+/m1/s1. The maximum absolute atomic E-state index is 12.8. The molecule has 2 aliphatic carbocycles. The average Bonchev–Trinajstić information content (AvgIpc) is 2.75. The Kier molecular flexibility index (Phi) is 6.88. The smallest absolute Gasteiger partial charge is 0.224 e. The van der Waals surface area contributed by atoms with E-state index >= 15 is 0 Å². The number of hydrogen-bond acceptors (Lipinski definition) is 8. The van der Waals surface area contributed by atoms with Crippen LogP contribution in [-0.4, -0.2) is 89.8 Å². The van der Waals surface area contributed by atoms with Gasteiger partial charge in [-0.25, -0.2) is 0 Å². The lowest BCUT2D eigenvalue weighted by Gasteiger charge is -2.58. The number of ether oxygens (including phenoxy) is 2. The van der Waals surface area contributed by atoms with Gasteiger partial charge in [0.15, 0.2) is 0 Å². The Morgan fingerprint density at radius 3 is 2.41 bits per heavy atom. The van der Waals surface area contributed by atoms with Gasteiger partial charge in [0.1, 0.15) is 24.4 Å². The van der Waals surface area contributed by atoms with Crippen LogP contribution < -0.4 is 16.0 Å². The largest absolute Gasteiger partial charge is 0.390 e. The van der Waals surface area contributed by atoms with Crippen molar-refractivity contribution < 1.29 is 29.6 Å². The molecule has 1 aliphatic heterocycles. The van der Waals surface area contributed by atoms with Crippen molar-refractivity contribution in [3.63, 3.8) is 0 Å². The molecular formula is C23H35N3O6. The van der Waals surface area contributed by atoms with Crippen LogP contribution in [0.4, 0.5) is 0 Å². The lowest BCUT2D eigenvalue weighted by atomic mass is 9.75. The van der Waals surface area contributed by atoms with Crippen LogP contribution in [0.25, 0.3) is 0 Å². The fourth-order valence-corrected chi connectivity index (χ4v) is 5.53. The highest BCUT2D eigenvalue weighted by Crippen LogP contribution is 2.44. The highest BCUT2D eigenvalue weighted by atomic mass is 16.7. The van der Waals surface area contributed by atoms with Crippen molar-refractivity contribution in [3.8, 4) is 0 Å². The predicted molar refractivity (Wildman–Crippen MR) is 117 cm³/mol. The number of rotatable bonds is 5. The van der Waals surface area contributed by atoms with Gasteiger partial charge in [0.2, 0.25) is 11.7 Å². The molecule has 6 N–H and O–H groups in total. The Morgan fingerprint density at radius 1 is 1.06 bits per heavy atom. The maximum atomic E-state index is 12.8. The molecule has 1 saturated heterocycles. The van der Waals surface area contributed by atoms with Gasteiger partial charge in [0, 0.05) is 0 Å². The number of amides is 1. The molecule has 9 nitrogen and oxygen atoms in total. The minimum Gasteiger partial charge on any atom is -0.390 e. The number of carbonyl (C=O) groups excluding carboxylic acids is 1. The summed E-state index contributed by atoms with van der Waals surface area (Å²) in [7, 11) is 3.36. The van der Waals surface area contributed by atoms with Gasteiger partial charge in [-0.1, -0.05) is 37.3 Å². The van der Waals surface area contributed by atoms with E-state index in [1.165, 1.54) is 0 Å². The number of fused-ring (bicyclic) bond motifs is 2. The van der Waals surface area contributed by atoms with Crippen LogP contribution in [0.5, 0.6) is 0 Å². The van der Waals surface area contributed by atoms with Crippen molar-refractivity contribution in [1.29, 1.82) is 0 Å². The first-order valence-corrected chi connectivity index (χ1v) is 11.4. The van der Waals surface area contributed by atoms with Gasteiger partial charge in [-0.3, -0.25) is 4.79 Å². The molecule has 1 aromatic rings. The Morgan fingerprint density at radius 2 is 1.75 bits per heavy atom. The van der Waals surface area contributed by atoms with Crippen molar-refractivity contribution >= 4 is 5.91 Å². The number of aliphatic hydroxyl groups excluding tert-OH is 2. The fraction of sp³-hybridized carbons (Fsp3) is 0.696. The second kappa shape index (κ2) is 9.34. The first-order valence-electron chi connectivity index (χ1n) is 11.4. The summed E-state index contributed by atoms with van der Waals surface area (Å²) in [6.07, 6.45) is -2.95. The maximum Gasteiger partial charge on any atom is 0.224 e. The van der Waals surface area contributed by atoms with E-state index in [1.807, 2.05) is 37.3 Å². The second-order valence-corrected chi connectivity index (χ2v) is 9.39. The molecule has 0 radical (unpaired) electrons. The third-order valence-electron chi connectivity index (χ3n) is 7.19. The first-order chi connectivity index (χ1) is 15.3. The summed E-state index contributed by atoms with van der Waals surface area (Å²) in [4.78, 5) is 12.8. The summed E-state index contributed by atoms with van der Waals surface area (Å²) in [6, 6.07) is 7.55. The molecule has 3 fully saturated rings. The number of carbonyl (C=O) groups is 1. The zero-order chi connectivity index (χ0) is 23.0. The number of benzene rings is 1. The van der Waals surface area contributed by atoms with Crippen LogP contribution in [0.3, 0.4) is 0 Å². The molecule has 4 rings (SSSR count). The van der Waals surface area contributed by atoms with E-state index in [9.17, 15) is 20.1 Å². The van der Waals surface area contributed by atoms with Crippen molar-refractivity contribution in [2.45, 2.75) is 80.6 Å². The third-order valence-corrected chi connectivity index (χ3v) is 7.19. The van der Waals surface area contributed by atoms with Crippen molar-refractivity contribution in [1.82, 2.24) is 16.0 Å². The molecule has 0 spiro atoms. The van der Waals surface area contributed by atoms with Gasteiger partial charge in [0.05, 0.1) is 30.7 Å². The Balaban J connectivity index is 1.56. The van der Waals surface area contributed by atoms with E-state index in [0.29, 0.717) is 12.8 Å². The van der Waals surface area contributed by atoms with E-state index in [4.69, 9.17) is 9.47 Å². The Labute approximate surface area is 188 Å². The lowest BCUT2D eigenvalue weighted by Crippen LogP contribution is -2.78. The molecule has 0 bridgehead atoms. The molecular weight excluding hydrogens is 414 g/mol. The van der Waals surface area contributed by atoms with Gasteiger partial charge in [-0.15, -0.1) is 0 Å². The molecule has 1 aromatic carbocycles. The lowest BCUT2D eigenvalue weighted by molar-refractivity contribution is -0.392. The van der Waals surface area contributed by atoms with Crippen molar-refractivity contribution in [3.05, 3.63) is 35.9 Å². The fourth-order valence-electron chi connectivity index (χ4n) is 5.53. The molecule has 178 valence electrons. The zero-order valence-corrected chi connectivity index (χ0v) is 18.8. The monoisotopic (exact) mass is 449 g/mol. The molecule has 0 aromatic heterocycles. The summed E-state index contributed by atoms with van der Waals surface area (Å²) in [5.41, 5.74) is 0.880. The van der Waals surface area contributed by atoms with Crippen LogP contribution in [0.1, 0.15) is 25.3 Å². The molecule has 1 amide bonds. The molecule has 9 heteroatoms. The molecule has 10 atom stereocenters. The highest BCUT2D eigenvalue weighted by molar-refractivity contribution is 5.79. The van der Waals surface area contributed by atoms with Crippen LogP contribution >= 0.6 is 0 Å². The topological polar surface area (TPSA) is 132 Å². The van der Waals surface area contributed by atoms with Crippen LogP contribution in [0, 0.1) is 5.92 Å². The summed E-state index contributed by atoms with van der Waals surface area (Å²) in [5.74, 6) is -1.80. The zero-order valence-electron chi connectivity index (χ0n) is 18.8. The average molecular weight is 450 g/mol. The number of likely N-dealkylation sites (N-methyl/N-ethyl adjacent to an activating group) is 2. The first kappa shape index (κ1) is 23.6. The Bertz CT molecular complexity index is 797. The minimum absolute atomic E-state index is 0.175. The SMILES string of the molecule is CN[C@@H]1[C@H](O)[C@H](NC)[C@H]2O[C@@]3(O)[C@H](NC(=O)Cc4ccccc4)C[C@@H](C)C[C@H]3O[C@@H]2[C@H]1O. The van der Waals surface area contributed by atoms with E-state index in [0.717, 1.165) is 5.56 Å². The molecule has 3 aliphatic rings. The predicted octanol–water partition coefficient (Wildman–Crippen LogP) is -1.10. The van der Waals surface area contributed by atoms with Crippen molar-refractivity contribution in [2.75, 3.05) is 14.1 Å². The third kappa shape index (κ3) is 4.19. The Hall–Kier alpha value is -1.59. The summed E-state index contributed by atoms with van der Waals surface area (Å²) < 4.78 is 12.5. The summed E-state index contributed by atoms with van der Waals surface area (Å²) in [5, 5.41) is 42.2. The van der Waals surface area contributed by atoms with E-state index in [2.05, 4.69) is 16.0 Å². The second-order valence-electron chi connectivity index (χ2n) is 9.39. The molecule has 1 heterocycles. The quantitative estimate of drug-likeness (QED) is 0.334. The van der Waals surface area contributed by atoms with Crippen LogP contribution in [-0.2, 0) is 20.7 Å². The van der Waals surface area contributed by atoms with Crippen molar-refractivity contribution in [2.24, 2.45) is 5.92 Å². The van der Waals surface area contributed by atoms with Gasteiger partial charge in [-0.05, 0) is 38.4 Å². The van der Waals surface area contributed by atoms with E-state index in [1.54, 1.807) is 14.1 Å². The van der Waals surface area contributed by atoms with Gasteiger partial charge in [0.25, 0.3) is 0 Å². The summed E-state index contributed by atoms with van der Waals surface area (Å²) >= 11 is 0. The van der Waals surface area contributed by atoms with E-state index < -0.39 is 54.4 Å². The van der Waals surface area contributed by atoms with Crippen LogP contribution in [0.15, 0.2) is 30.3 Å². The minimum atomic E-state index is -1.76. The van der Waals surface area contributed by atoms with Gasteiger partial charge in [-0.2, -0.15) is 0 Å². The normalized spacial score (nSPS) is 43.8. The van der Waals surface area contributed by atoms with Crippen LogP contribution in [0.2, 0.25) is 0 Å². The number of hydrogen-bond donors (Lipinski definition) is 6. The number of nitrogens with one attached hydrogen (secondary N) is 3. The highest BCUT2D eigenvalue weighted by Gasteiger charge is 2.62. The molecule has 2 saturated carbocycles. The van der Waals surface area contributed by atoms with E-state index in [-0.39, 0.29) is 18.2 Å². The number of aliphatic hydroxyl groups is 3.